The molecule has 0 saturated carbocycles. The molecule has 2 aliphatic rings. The summed E-state index contributed by atoms with van der Waals surface area (Å²) in [6.45, 7) is 0. The van der Waals surface area contributed by atoms with E-state index in [1.807, 2.05) is 0 Å². The lowest BCUT2D eigenvalue weighted by Gasteiger charge is -2.20. The molecule has 2 rings (SSSR count). The molecule has 0 fully saturated rings. The van der Waals surface area contributed by atoms with Gasteiger partial charge in [0.05, 0.1) is 11.1 Å². The van der Waals surface area contributed by atoms with Gasteiger partial charge in [0.25, 0.3) is 0 Å². The second-order valence-corrected chi connectivity index (χ2v) is 6.22. The number of Topliss-reactive ketones (excluding diaryl/α,β-unsaturated/α-hetero) is 4. The molecule has 4 nitrogen and oxygen atoms in total. The Balaban J connectivity index is 2.76. The fraction of sp³-hybridized carbons (Fsp3) is 0. The van der Waals surface area contributed by atoms with Crippen molar-refractivity contribution in [1.82, 2.24) is 0 Å². The molecule has 0 N–H and O–H groups in total. The van der Waals surface area contributed by atoms with E-state index in [2.05, 4.69) is 0 Å². The van der Waals surface area contributed by atoms with Gasteiger partial charge in [-0.15, -0.1) is 0 Å². The number of allylic oxidation sites excluding steroid dienone is 8. The van der Waals surface area contributed by atoms with E-state index in [4.69, 9.17) is 69.6 Å². The van der Waals surface area contributed by atoms with E-state index < -0.39 is 64.5 Å². The summed E-state index contributed by atoms with van der Waals surface area (Å²) >= 11 is 33.9. The van der Waals surface area contributed by atoms with Gasteiger partial charge in [0.1, 0.15) is 30.2 Å². The quantitative estimate of drug-likeness (QED) is 0.607. The summed E-state index contributed by atoms with van der Waals surface area (Å²) in [6.07, 6.45) is 0. The van der Waals surface area contributed by atoms with E-state index in [1.165, 1.54) is 0 Å². The molecule has 0 aromatic rings. The van der Waals surface area contributed by atoms with Crippen LogP contribution in [0.5, 0.6) is 0 Å². The molecule has 0 unspecified atom stereocenters. The molecule has 2 aliphatic carbocycles. The highest BCUT2D eigenvalue weighted by molar-refractivity contribution is 6.68. The van der Waals surface area contributed by atoms with E-state index in [1.54, 1.807) is 0 Å². The van der Waals surface area contributed by atoms with Gasteiger partial charge in [0, 0.05) is 0 Å². The second-order valence-electron chi connectivity index (χ2n) is 3.95. The van der Waals surface area contributed by atoms with Gasteiger partial charge in [-0.2, -0.15) is 0 Å². The first-order valence-electron chi connectivity index (χ1n) is 5.20. The Labute approximate surface area is 152 Å². The Hall–Kier alpha value is -0.620. The molecule has 0 bridgehead atoms. The normalized spacial score (nSPS) is 20.8. The molecule has 0 saturated heterocycles. The van der Waals surface area contributed by atoms with Crippen molar-refractivity contribution in [3.05, 3.63) is 41.3 Å². The van der Waals surface area contributed by atoms with Gasteiger partial charge in [0.15, 0.2) is 0 Å². The first-order valence-corrected chi connectivity index (χ1v) is 7.47. The van der Waals surface area contributed by atoms with Crippen molar-refractivity contribution in [2.24, 2.45) is 0 Å². The van der Waals surface area contributed by atoms with Crippen LogP contribution in [0.1, 0.15) is 0 Å². The number of hydrogen-bond donors (Lipinski definition) is 0. The maximum Gasteiger partial charge on any atom is 0.218 e. The largest absolute Gasteiger partial charge is 0.287 e. The van der Waals surface area contributed by atoms with Crippen molar-refractivity contribution in [3.8, 4) is 0 Å². The molecule has 0 aliphatic heterocycles. The zero-order valence-corrected chi connectivity index (χ0v) is 14.4. The Morgan fingerprint density at radius 1 is 0.364 bits per heavy atom. The van der Waals surface area contributed by atoms with Crippen molar-refractivity contribution in [1.29, 1.82) is 0 Å². The van der Waals surface area contributed by atoms with Crippen LogP contribution >= 0.6 is 69.6 Å². The number of hydrogen-bond acceptors (Lipinski definition) is 4. The van der Waals surface area contributed by atoms with Gasteiger partial charge in [-0.3, -0.25) is 19.2 Å². The third-order valence-corrected chi connectivity index (χ3v) is 5.08. The van der Waals surface area contributed by atoms with Crippen molar-refractivity contribution in [3.63, 3.8) is 0 Å². The van der Waals surface area contributed by atoms with Crippen molar-refractivity contribution in [2.45, 2.75) is 0 Å². The van der Waals surface area contributed by atoms with E-state index in [0.717, 1.165) is 0 Å². The Morgan fingerprint density at radius 2 is 0.591 bits per heavy atom. The Kier molecular flexibility index (Phi) is 4.93. The molecule has 0 spiro atoms. The lowest BCUT2D eigenvalue weighted by Crippen LogP contribution is -2.26. The maximum atomic E-state index is 12.2. The molecule has 0 aromatic carbocycles. The van der Waals surface area contributed by atoms with Crippen LogP contribution in [-0.4, -0.2) is 23.1 Å². The van der Waals surface area contributed by atoms with Crippen molar-refractivity contribution >= 4 is 92.7 Å². The number of carbonyl (C=O) groups excluding carboxylic acids is 4. The monoisotopic (exact) mass is 418 g/mol. The maximum absolute atomic E-state index is 12.2. The summed E-state index contributed by atoms with van der Waals surface area (Å²) in [4.78, 5) is 48.0. The molecule has 0 aromatic heterocycles. The Morgan fingerprint density at radius 3 is 0.864 bits per heavy atom. The smallest absolute Gasteiger partial charge is 0.218 e. The number of rotatable bonds is 1. The van der Waals surface area contributed by atoms with E-state index in [9.17, 15) is 19.2 Å². The highest BCUT2D eigenvalue weighted by Crippen LogP contribution is 2.41. The molecule has 0 radical (unpaired) electrons. The summed E-state index contributed by atoms with van der Waals surface area (Å²) in [7, 11) is 0. The summed E-state index contributed by atoms with van der Waals surface area (Å²) < 4.78 is 0. The van der Waals surface area contributed by atoms with Gasteiger partial charge >= 0.3 is 0 Å². The van der Waals surface area contributed by atoms with Gasteiger partial charge in [-0.1, -0.05) is 69.6 Å². The van der Waals surface area contributed by atoms with Crippen LogP contribution in [-0.2, 0) is 19.2 Å². The standard InChI is InChI=1S/C12Cl6O4/c13-3-1(9(19)5(15)7(17)11(3)21)2-4(14)12(22)8(18)6(16)10(2)20. The average molecular weight is 421 g/mol. The zero-order valence-electron chi connectivity index (χ0n) is 9.90. The van der Waals surface area contributed by atoms with Crippen LogP contribution in [0.4, 0.5) is 0 Å². The summed E-state index contributed by atoms with van der Waals surface area (Å²) in [5, 5.41) is -3.91. The van der Waals surface area contributed by atoms with Crippen LogP contribution in [0.2, 0.25) is 0 Å². The molecule has 114 valence electrons. The van der Waals surface area contributed by atoms with Crippen molar-refractivity contribution < 1.29 is 19.2 Å². The van der Waals surface area contributed by atoms with Crippen LogP contribution in [0.3, 0.4) is 0 Å². The first kappa shape index (κ1) is 17.7. The lowest BCUT2D eigenvalue weighted by molar-refractivity contribution is -0.116. The minimum Gasteiger partial charge on any atom is -0.287 e. The summed E-state index contributed by atoms with van der Waals surface area (Å²) in [6, 6.07) is 0. The molecule has 0 amide bonds. The zero-order chi connectivity index (χ0) is 16.9. The van der Waals surface area contributed by atoms with E-state index in [0.29, 0.717) is 0 Å². The van der Waals surface area contributed by atoms with Crippen LogP contribution in [0.15, 0.2) is 41.3 Å². The molecule has 10 heteroatoms. The number of halogens is 6. The molecular formula is C12Cl6O4. The van der Waals surface area contributed by atoms with E-state index in [-0.39, 0.29) is 0 Å². The summed E-state index contributed by atoms with van der Waals surface area (Å²) in [5.74, 6) is -4.05. The average Bonchev–Trinajstić information content (AvgIpc) is 2.50. The third kappa shape index (κ3) is 2.48. The lowest BCUT2D eigenvalue weighted by atomic mass is 9.89. The van der Waals surface area contributed by atoms with Crippen LogP contribution in [0.25, 0.3) is 0 Å². The van der Waals surface area contributed by atoms with Gasteiger partial charge < -0.3 is 0 Å². The highest BCUT2D eigenvalue weighted by Gasteiger charge is 2.41. The predicted octanol–water partition coefficient (Wildman–Crippen LogP) is 3.65. The van der Waals surface area contributed by atoms with Gasteiger partial charge in [0.2, 0.25) is 23.1 Å². The fourth-order valence-corrected chi connectivity index (χ4v) is 3.05. The SMILES string of the molecule is O=C1C(Cl)=C(Cl)C(=O)C(C2=C(Cl)C(=O)C(Cl)=C(Cl)C2=O)=C1Cl. The number of ketones is 4. The van der Waals surface area contributed by atoms with E-state index >= 15 is 0 Å². The molecule has 0 heterocycles. The fourth-order valence-electron chi connectivity index (χ4n) is 1.68. The third-order valence-electron chi connectivity index (χ3n) is 2.72. The van der Waals surface area contributed by atoms with Gasteiger partial charge in [-0.05, 0) is 0 Å². The molecule has 22 heavy (non-hydrogen) atoms. The highest BCUT2D eigenvalue weighted by atomic mass is 35.5. The second kappa shape index (κ2) is 6.11. The van der Waals surface area contributed by atoms with Crippen LogP contribution in [0, 0.1) is 0 Å². The van der Waals surface area contributed by atoms with Crippen molar-refractivity contribution in [2.75, 3.05) is 0 Å². The number of carbonyl (C=O) groups is 4. The predicted molar refractivity (Wildman–Crippen MR) is 83.2 cm³/mol. The van der Waals surface area contributed by atoms with Crippen LogP contribution < -0.4 is 0 Å². The summed E-state index contributed by atoms with van der Waals surface area (Å²) in [5.41, 5.74) is -1.29. The minimum atomic E-state index is -1.03. The first-order chi connectivity index (χ1) is 10.1. The molecular weight excluding hydrogens is 421 g/mol. The Bertz CT molecular complexity index is 743. The minimum absolute atomic E-state index is 0.605. The molecule has 0 atom stereocenters. The topological polar surface area (TPSA) is 68.3 Å². The van der Waals surface area contributed by atoms with Gasteiger partial charge in [-0.25, -0.2) is 0 Å².